The van der Waals surface area contributed by atoms with Gasteiger partial charge in [-0.05, 0) is 19.3 Å². The molecule has 0 N–H and O–H groups in total. The van der Waals surface area contributed by atoms with Crippen LogP contribution in [-0.4, -0.2) is 41.3 Å². The van der Waals surface area contributed by atoms with E-state index in [1.54, 1.807) is 0 Å². The Bertz CT molecular complexity index is 257. The summed E-state index contributed by atoms with van der Waals surface area (Å²) in [7, 11) is 0. The van der Waals surface area contributed by atoms with Crippen LogP contribution in [-0.2, 0) is 4.79 Å². The molecule has 0 bridgehead atoms. The lowest BCUT2D eigenvalue weighted by Crippen LogP contribution is -2.41. The van der Waals surface area contributed by atoms with Crippen molar-refractivity contribution >= 4 is 17.5 Å². The van der Waals surface area contributed by atoms with Crippen molar-refractivity contribution in [3.8, 4) is 0 Å². The van der Waals surface area contributed by atoms with Gasteiger partial charge in [-0.15, -0.1) is 0 Å². The summed E-state index contributed by atoms with van der Waals surface area (Å²) in [6, 6.07) is 0. The number of Topliss-reactive ketones (excluding diaryl/α,β-unsaturated/α-hetero) is 1. The number of thioether (sulfide) groups is 1. The average Bonchev–Trinajstić information content (AvgIpc) is 2.55. The molecular formula is C14H25NOS. The van der Waals surface area contributed by atoms with Crippen molar-refractivity contribution in [3.63, 3.8) is 0 Å². The summed E-state index contributed by atoms with van der Waals surface area (Å²) in [5, 5.41) is 0.796. The van der Waals surface area contributed by atoms with Crippen LogP contribution in [0, 0.1) is 5.92 Å². The van der Waals surface area contributed by atoms with Crippen molar-refractivity contribution in [1.29, 1.82) is 0 Å². The topological polar surface area (TPSA) is 20.3 Å². The zero-order valence-corrected chi connectivity index (χ0v) is 11.8. The predicted octanol–water partition coefficient (Wildman–Crippen LogP) is 2.96. The fourth-order valence-electron chi connectivity index (χ4n) is 2.93. The molecule has 1 aliphatic heterocycles. The molecule has 2 fully saturated rings. The summed E-state index contributed by atoms with van der Waals surface area (Å²) in [5.41, 5.74) is 0. The normalized spacial score (nSPS) is 32.4. The van der Waals surface area contributed by atoms with Crippen molar-refractivity contribution in [1.82, 2.24) is 4.90 Å². The molecule has 0 spiro atoms. The second kappa shape index (κ2) is 6.79. The summed E-state index contributed by atoms with van der Waals surface area (Å²) in [6.45, 7) is 5.70. The maximum atomic E-state index is 12.0. The van der Waals surface area contributed by atoms with E-state index < -0.39 is 0 Å². The van der Waals surface area contributed by atoms with Gasteiger partial charge in [-0.3, -0.25) is 4.79 Å². The molecule has 2 aliphatic rings. The van der Waals surface area contributed by atoms with Crippen LogP contribution < -0.4 is 0 Å². The quantitative estimate of drug-likeness (QED) is 0.723. The molecule has 0 aromatic heterocycles. The smallest absolute Gasteiger partial charge is 0.137 e. The third-order valence-corrected chi connectivity index (χ3v) is 5.46. The Morgan fingerprint density at radius 2 is 2.24 bits per heavy atom. The molecule has 2 rings (SSSR count). The number of ketones is 1. The number of hydrogen-bond acceptors (Lipinski definition) is 3. The number of carbonyl (C=O) groups excluding carboxylic acids is 1. The Hall–Kier alpha value is -0.0200. The van der Waals surface area contributed by atoms with Crippen molar-refractivity contribution in [2.24, 2.45) is 5.92 Å². The molecule has 0 amide bonds. The second-order valence-corrected chi connectivity index (χ2v) is 6.83. The highest BCUT2D eigenvalue weighted by Crippen LogP contribution is 2.25. The molecule has 0 radical (unpaired) electrons. The van der Waals surface area contributed by atoms with Gasteiger partial charge in [-0.1, -0.05) is 19.8 Å². The summed E-state index contributed by atoms with van der Waals surface area (Å²) in [5.74, 6) is 2.13. The van der Waals surface area contributed by atoms with E-state index in [0.717, 1.165) is 31.1 Å². The maximum Gasteiger partial charge on any atom is 0.137 e. The van der Waals surface area contributed by atoms with E-state index in [1.807, 2.05) is 0 Å². The minimum absolute atomic E-state index is 0.345. The Morgan fingerprint density at radius 1 is 1.35 bits per heavy atom. The SMILES string of the molecule is CCC1CN(CC2CCCCCC2=O)CCS1. The van der Waals surface area contributed by atoms with Gasteiger partial charge < -0.3 is 4.90 Å². The van der Waals surface area contributed by atoms with E-state index in [4.69, 9.17) is 0 Å². The van der Waals surface area contributed by atoms with Crippen LogP contribution in [0.5, 0.6) is 0 Å². The molecule has 1 saturated carbocycles. The first-order chi connectivity index (χ1) is 8.29. The molecule has 0 aromatic carbocycles. The Labute approximate surface area is 110 Å². The number of rotatable bonds is 3. The molecule has 0 aromatic rings. The van der Waals surface area contributed by atoms with E-state index in [9.17, 15) is 4.79 Å². The van der Waals surface area contributed by atoms with Gasteiger partial charge in [0.15, 0.2) is 0 Å². The molecule has 3 heteroatoms. The fraction of sp³-hybridized carbons (Fsp3) is 0.929. The highest BCUT2D eigenvalue weighted by atomic mass is 32.2. The minimum atomic E-state index is 0.345. The van der Waals surface area contributed by atoms with Gasteiger partial charge in [0, 0.05) is 43.0 Å². The standard InChI is InChI=1S/C14H25NOS/c1-2-13-11-15(8-9-17-13)10-12-6-4-3-5-7-14(12)16/h12-13H,2-11H2,1H3. The number of hydrogen-bond donors (Lipinski definition) is 0. The summed E-state index contributed by atoms with van der Waals surface area (Å²) in [4.78, 5) is 14.5. The minimum Gasteiger partial charge on any atom is -0.301 e. The Morgan fingerprint density at radius 3 is 3.06 bits per heavy atom. The van der Waals surface area contributed by atoms with Crippen LogP contribution in [0.25, 0.3) is 0 Å². The van der Waals surface area contributed by atoms with Crippen molar-refractivity contribution in [2.45, 2.75) is 50.7 Å². The van der Waals surface area contributed by atoms with Crippen LogP contribution in [0.15, 0.2) is 0 Å². The average molecular weight is 255 g/mol. The first kappa shape index (κ1) is 13.4. The van der Waals surface area contributed by atoms with Crippen LogP contribution in [0.2, 0.25) is 0 Å². The molecule has 98 valence electrons. The molecule has 2 atom stereocenters. The predicted molar refractivity (Wildman–Crippen MR) is 74.6 cm³/mol. The van der Waals surface area contributed by atoms with Crippen molar-refractivity contribution in [3.05, 3.63) is 0 Å². The molecule has 2 unspecified atom stereocenters. The van der Waals surface area contributed by atoms with Gasteiger partial charge in [0.2, 0.25) is 0 Å². The van der Waals surface area contributed by atoms with Gasteiger partial charge in [0.1, 0.15) is 5.78 Å². The molecular weight excluding hydrogens is 230 g/mol. The Balaban J connectivity index is 1.83. The fourth-order valence-corrected chi connectivity index (χ4v) is 4.18. The highest BCUT2D eigenvalue weighted by molar-refractivity contribution is 8.00. The lowest BCUT2D eigenvalue weighted by molar-refractivity contribution is -0.123. The molecule has 1 saturated heterocycles. The van der Waals surface area contributed by atoms with E-state index >= 15 is 0 Å². The van der Waals surface area contributed by atoms with Gasteiger partial charge in [-0.2, -0.15) is 11.8 Å². The van der Waals surface area contributed by atoms with E-state index in [2.05, 4.69) is 23.6 Å². The summed E-state index contributed by atoms with van der Waals surface area (Å²) < 4.78 is 0. The largest absolute Gasteiger partial charge is 0.301 e. The molecule has 2 nitrogen and oxygen atoms in total. The van der Waals surface area contributed by atoms with Crippen LogP contribution in [0.1, 0.15) is 45.4 Å². The third kappa shape index (κ3) is 3.99. The van der Waals surface area contributed by atoms with Crippen LogP contribution >= 0.6 is 11.8 Å². The summed E-state index contributed by atoms with van der Waals surface area (Å²) >= 11 is 2.11. The lowest BCUT2D eigenvalue weighted by Gasteiger charge is -2.33. The van der Waals surface area contributed by atoms with Crippen molar-refractivity contribution in [2.75, 3.05) is 25.4 Å². The van der Waals surface area contributed by atoms with Gasteiger partial charge in [-0.25, -0.2) is 0 Å². The molecule has 1 heterocycles. The number of carbonyl (C=O) groups is 1. The lowest BCUT2D eigenvalue weighted by atomic mass is 9.98. The first-order valence-corrected chi connectivity index (χ1v) is 8.21. The highest BCUT2D eigenvalue weighted by Gasteiger charge is 2.26. The second-order valence-electron chi connectivity index (χ2n) is 5.42. The Kier molecular flexibility index (Phi) is 5.36. The third-order valence-electron chi connectivity index (χ3n) is 4.09. The zero-order valence-electron chi connectivity index (χ0n) is 11.0. The van der Waals surface area contributed by atoms with Crippen LogP contribution in [0.3, 0.4) is 0 Å². The van der Waals surface area contributed by atoms with Gasteiger partial charge in [0.05, 0.1) is 0 Å². The zero-order chi connectivity index (χ0) is 12.1. The number of nitrogens with zero attached hydrogens (tertiary/aromatic N) is 1. The monoisotopic (exact) mass is 255 g/mol. The molecule has 1 aliphatic carbocycles. The van der Waals surface area contributed by atoms with E-state index in [-0.39, 0.29) is 0 Å². The molecule has 17 heavy (non-hydrogen) atoms. The van der Waals surface area contributed by atoms with Gasteiger partial charge in [0.25, 0.3) is 0 Å². The van der Waals surface area contributed by atoms with Gasteiger partial charge >= 0.3 is 0 Å². The van der Waals surface area contributed by atoms with E-state index in [1.165, 1.54) is 38.1 Å². The van der Waals surface area contributed by atoms with Crippen LogP contribution in [0.4, 0.5) is 0 Å². The van der Waals surface area contributed by atoms with Crippen molar-refractivity contribution < 1.29 is 4.79 Å². The summed E-state index contributed by atoms with van der Waals surface area (Å²) in [6.07, 6.45) is 6.89. The van der Waals surface area contributed by atoms with E-state index in [0.29, 0.717) is 11.7 Å². The first-order valence-electron chi connectivity index (χ1n) is 7.16. The maximum absolute atomic E-state index is 12.0.